The molecular weight excluding hydrogens is 218 g/mol. The molecule has 1 rings (SSSR count). The van der Waals surface area contributed by atoms with E-state index in [1.165, 1.54) is 70.6 Å². The van der Waals surface area contributed by atoms with Crippen LogP contribution in [0.5, 0.6) is 0 Å². The summed E-state index contributed by atoms with van der Waals surface area (Å²) < 4.78 is 0. The molecule has 1 heteroatoms. The maximum atomic E-state index is 6.66. The number of unbranched alkanes of at least 4 members (excludes halogenated alkanes) is 6. The summed E-state index contributed by atoms with van der Waals surface area (Å²) >= 11 is 0. The van der Waals surface area contributed by atoms with Crippen LogP contribution >= 0.6 is 0 Å². The quantitative estimate of drug-likeness (QED) is 0.585. The van der Waals surface area contributed by atoms with Crippen molar-refractivity contribution < 1.29 is 0 Å². The zero-order valence-electron chi connectivity index (χ0n) is 13.0. The van der Waals surface area contributed by atoms with Crippen molar-refractivity contribution in [3.8, 4) is 0 Å². The van der Waals surface area contributed by atoms with E-state index in [9.17, 15) is 0 Å². The Balaban J connectivity index is 2.13. The Kier molecular flexibility index (Phi) is 7.29. The van der Waals surface area contributed by atoms with Crippen molar-refractivity contribution in [3.05, 3.63) is 0 Å². The fourth-order valence-electron chi connectivity index (χ4n) is 3.53. The Bertz CT molecular complexity index is 214. The Morgan fingerprint density at radius 1 is 0.944 bits per heavy atom. The van der Waals surface area contributed by atoms with Crippen LogP contribution in [0.1, 0.15) is 91.4 Å². The van der Waals surface area contributed by atoms with E-state index in [0.29, 0.717) is 0 Å². The molecule has 0 amide bonds. The lowest BCUT2D eigenvalue weighted by Gasteiger charge is -2.42. The van der Waals surface area contributed by atoms with Gasteiger partial charge in [0.25, 0.3) is 0 Å². The van der Waals surface area contributed by atoms with Crippen LogP contribution in [0.25, 0.3) is 0 Å². The van der Waals surface area contributed by atoms with Crippen LogP contribution in [0.2, 0.25) is 0 Å². The molecule has 0 spiro atoms. The van der Waals surface area contributed by atoms with Crippen LogP contribution in [0.4, 0.5) is 0 Å². The van der Waals surface area contributed by atoms with Crippen molar-refractivity contribution in [2.45, 2.75) is 96.9 Å². The molecule has 108 valence electrons. The summed E-state index contributed by atoms with van der Waals surface area (Å²) in [7, 11) is 0. The first kappa shape index (κ1) is 16.0. The number of rotatable bonds is 8. The average molecular weight is 253 g/mol. The third-order valence-corrected chi connectivity index (χ3v) is 5.05. The fraction of sp³-hybridized carbons (Fsp3) is 1.00. The van der Waals surface area contributed by atoms with Crippen molar-refractivity contribution in [3.63, 3.8) is 0 Å². The van der Waals surface area contributed by atoms with Crippen molar-refractivity contribution in [2.24, 2.45) is 17.6 Å². The van der Waals surface area contributed by atoms with Gasteiger partial charge in [-0.15, -0.1) is 0 Å². The predicted molar refractivity (Wildman–Crippen MR) is 81.7 cm³/mol. The molecule has 18 heavy (non-hydrogen) atoms. The van der Waals surface area contributed by atoms with Gasteiger partial charge in [0.05, 0.1) is 0 Å². The minimum atomic E-state index is 0.154. The summed E-state index contributed by atoms with van der Waals surface area (Å²) in [6, 6.07) is 0. The zero-order valence-corrected chi connectivity index (χ0v) is 13.0. The molecule has 1 nitrogen and oxygen atoms in total. The highest BCUT2D eigenvalue weighted by atomic mass is 14.8. The van der Waals surface area contributed by atoms with Gasteiger partial charge in [-0.1, -0.05) is 72.1 Å². The van der Waals surface area contributed by atoms with E-state index in [-0.39, 0.29) is 5.54 Å². The lowest BCUT2D eigenvalue weighted by atomic mass is 9.68. The minimum absolute atomic E-state index is 0.154. The fourth-order valence-corrected chi connectivity index (χ4v) is 3.53. The Labute approximate surface area is 115 Å². The first-order valence-corrected chi connectivity index (χ1v) is 8.37. The van der Waals surface area contributed by atoms with Crippen molar-refractivity contribution >= 4 is 0 Å². The number of hydrogen-bond acceptors (Lipinski definition) is 1. The third-order valence-electron chi connectivity index (χ3n) is 5.05. The van der Waals surface area contributed by atoms with Gasteiger partial charge in [0, 0.05) is 5.54 Å². The van der Waals surface area contributed by atoms with Crippen LogP contribution in [-0.4, -0.2) is 5.54 Å². The lowest BCUT2D eigenvalue weighted by molar-refractivity contribution is 0.147. The second-order valence-corrected chi connectivity index (χ2v) is 6.89. The molecule has 0 saturated heterocycles. The van der Waals surface area contributed by atoms with Gasteiger partial charge in [0.15, 0.2) is 0 Å². The Morgan fingerprint density at radius 3 is 2.22 bits per heavy atom. The van der Waals surface area contributed by atoms with E-state index < -0.39 is 0 Å². The van der Waals surface area contributed by atoms with Gasteiger partial charge in [-0.3, -0.25) is 0 Å². The van der Waals surface area contributed by atoms with Crippen LogP contribution in [0, 0.1) is 11.8 Å². The molecule has 1 saturated carbocycles. The van der Waals surface area contributed by atoms with E-state index in [4.69, 9.17) is 5.73 Å². The number of hydrogen-bond donors (Lipinski definition) is 1. The van der Waals surface area contributed by atoms with Gasteiger partial charge in [0.1, 0.15) is 0 Å². The van der Waals surface area contributed by atoms with Crippen LogP contribution in [0.15, 0.2) is 0 Å². The van der Waals surface area contributed by atoms with Gasteiger partial charge < -0.3 is 5.73 Å². The van der Waals surface area contributed by atoms with Crippen molar-refractivity contribution in [2.75, 3.05) is 0 Å². The smallest absolute Gasteiger partial charge is 0.0182 e. The van der Waals surface area contributed by atoms with E-state index in [1.54, 1.807) is 0 Å². The van der Waals surface area contributed by atoms with Gasteiger partial charge in [-0.2, -0.15) is 0 Å². The maximum Gasteiger partial charge on any atom is 0.0182 e. The van der Waals surface area contributed by atoms with E-state index >= 15 is 0 Å². The van der Waals surface area contributed by atoms with Gasteiger partial charge >= 0.3 is 0 Å². The summed E-state index contributed by atoms with van der Waals surface area (Å²) in [6.07, 6.45) is 15.0. The molecular formula is C17H35N. The second-order valence-electron chi connectivity index (χ2n) is 6.89. The van der Waals surface area contributed by atoms with E-state index in [0.717, 1.165) is 11.8 Å². The van der Waals surface area contributed by atoms with E-state index in [1.807, 2.05) is 0 Å². The van der Waals surface area contributed by atoms with Gasteiger partial charge in [-0.05, 0) is 31.1 Å². The summed E-state index contributed by atoms with van der Waals surface area (Å²) in [4.78, 5) is 0. The maximum absolute atomic E-state index is 6.66. The Hall–Kier alpha value is -0.0400. The molecule has 3 unspecified atom stereocenters. The molecule has 0 radical (unpaired) electrons. The molecule has 1 aliphatic carbocycles. The topological polar surface area (TPSA) is 26.0 Å². The van der Waals surface area contributed by atoms with E-state index in [2.05, 4.69) is 20.8 Å². The molecule has 1 fully saturated rings. The molecule has 0 aliphatic heterocycles. The van der Waals surface area contributed by atoms with Crippen LogP contribution in [0.3, 0.4) is 0 Å². The third kappa shape index (κ3) is 5.30. The van der Waals surface area contributed by atoms with Crippen LogP contribution in [-0.2, 0) is 0 Å². The monoisotopic (exact) mass is 253 g/mol. The summed E-state index contributed by atoms with van der Waals surface area (Å²) in [5, 5.41) is 0. The normalized spacial score (nSPS) is 32.7. The zero-order chi connectivity index (χ0) is 13.4. The van der Waals surface area contributed by atoms with Crippen LogP contribution < -0.4 is 5.73 Å². The molecule has 0 bridgehead atoms. The lowest BCUT2D eigenvalue weighted by Crippen LogP contribution is -2.49. The first-order chi connectivity index (χ1) is 8.58. The average Bonchev–Trinajstić information content (AvgIpc) is 2.33. The van der Waals surface area contributed by atoms with Crippen molar-refractivity contribution in [1.29, 1.82) is 0 Å². The summed E-state index contributed by atoms with van der Waals surface area (Å²) in [6.45, 7) is 7.02. The molecule has 1 aliphatic rings. The highest BCUT2D eigenvalue weighted by molar-refractivity contribution is 4.94. The van der Waals surface area contributed by atoms with Gasteiger partial charge in [-0.25, -0.2) is 0 Å². The molecule has 0 aromatic rings. The second kappa shape index (κ2) is 8.19. The highest BCUT2D eigenvalue weighted by Gasteiger charge is 2.36. The standard InChI is InChI=1S/C17H35N/c1-4-5-6-7-8-9-10-13-17(18)14-15(2)11-12-16(17)3/h15-16H,4-14,18H2,1-3H3. The summed E-state index contributed by atoms with van der Waals surface area (Å²) in [5.41, 5.74) is 6.81. The van der Waals surface area contributed by atoms with Crippen molar-refractivity contribution in [1.82, 2.24) is 0 Å². The molecule has 2 N–H and O–H groups in total. The molecule has 0 aromatic carbocycles. The Morgan fingerprint density at radius 2 is 1.56 bits per heavy atom. The molecule has 0 aromatic heterocycles. The SMILES string of the molecule is CCCCCCCCCC1(N)CC(C)CCC1C. The number of nitrogens with two attached hydrogens (primary N) is 1. The first-order valence-electron chi connectivity index (χ1n) is 8.37. The largest absolute Gasteiger partial charge is 0.325 e. The van der Waals surface area contributed by atoms with Gasteiger partial charge in [0.2, 0.25) is 0 Å². The molecule has 0 heterocycles. The highest BCUT2D eigenvalue weighted by Crippen LogP contribution is 2.38. The predicted octanol–water partition coefficient (Wildman–Crippen LogP) is 5.28. The minimum Gasteiger partial charge on any atom is -0.325 e. The molecule has 3 atom stereocenters. The summed E-state index contributed by atoms with van der Waals surface area (Å²) in [5.74, 6) is 1.57.